The quantitative estimate of drug-likeness (QED) is 0.784. The smallest absolute Gasteiger partial charge is 0.148 e. The minimum Gasteiger partial charge on any atom is -0.382 e. The largest absolute Gasteiger partial charge is 0.382 e. The zero-order valence-corrected chi connectivity index (χ0v) is 8.32. The molecule has 0 amide bonds. The number of aryl methyl sites for hydroxylation is 1. The lowest BCUT2D eigenvalue weighted by Crippen LogP contribution is -2.11. The average molecular weight is 190 g/mol. The predicted octanol–water partition coefficient (Wildman–Crippen LogP) is 1.47. The Kier molecular flexibility index (Phi) is 1.95. The van der Waals surface area contributed by atoms with Gasteiger partial charge in [0, 0.05) is 30.1 Å². The molecule has 4 nitrogen and oxygen atoms in total. The van der Waals surface area contributed by atoms with Gasteiger partial charge in [0.25, 0.3) is 0 Å². The minimum absolute atomic E-state index is 0.194. The van der Waals surface area contributed by atoms with Gasteiger partial charge in [0.15, 0.2) is 0 Å². The van der Waals surface area contributed by atoms with E-state index in [1.807, 2.05) is 17.8 Å². The first-order valence-electron chi connectivity index (χ1n) is 4.82. The van der Waals surface area contributed by atoms with Crippen LogP contribution in [0.1, 0.15) is 24.8 Å². The highest BCUT2D eigenvalue weighted by Gasteiger charge is 2.42. The molecule has 1 aliphatic rings. The number of nitrogens with zero attached hydrogens (tertiary/aromatic N) is 3. The van der Waals surface area contributed by atoms with Crippen molar-refractivity contribution in [3.8, 4) is 6.07 Å². The van der Waals surface area contributed by atoms with Crippen LogP contribution in [-0.2, 0) is 6.54 Å². The van der Waals surface area contributed by atoms with Crippen molar-refractivity contribution >= 4 is 5.82 Å². The summed E-state index contributed by atoms with van der Waals surface area (Å²) >= 11 is 0. The number of hydrogen-bond donors (Lipinski definition) is 1. The van der Waals surface area contributed by atoms with Gasteiger partial charge < -0.3 is 5.73 Å². The van der Waals surface area contributed by atoms with E-state index in [9.17, 15) is 0 Å². The van der Waals surface area contributed by atoms with Gasteiger partial charge in [0.05, 0.1) is 6.07 Å². The molecule has 0 aromatic carbocycles. The van der Waals surface area contributed by atoms with E-state index in [-0.39, 0.29) is 5.41 Å². The summed E-state index contributed by atoms with van der Waals surface area (Å²) in [6, 6.07) is 2.24. The molecule has 0 unspecified atom stereocenters. The van der Waals surface area contributed by atoms with Gasteiger partial charge in [-0.2, -0.15) is 10.4 Å². The van der Waals surface area contributed by atoms with Gasteiger partial charge >= 0.3 is 0 Å². The molecule has 1 aromatic rings. The van der Waals surface area contributed by atoms with Crippen LogP contribution >= 0.6 is 0 Å². The summed E-state index contributed by atoms with van der Waals surface area (Å²) < 4.78 is 1.87. The lowest BCUT2D eigenvalue weighted by Gasteiger charge is -2.09. The van der Waals surface area contributed by atoms with Gasteiger partial charge in [-0.15, -0.1) is 0 Å². The van der Waals surface area contributed by atoms with Crippen molar-refractivity contribution in [1.29, 1.82) is 5.26 Å². The molecule has 0 radical (unpaired) electrons. The first-order valence-corrected chi connectivity index (χ1v) is 4.82. The van der Waals surface area contributed by atoms with Crippen molar-refractivity contribution in [3.05, 3.63) is 11.8 Å². The highest BCUT2D eigenvalue weighted by Crippen LogP contribution is 2.49. The van der Waals surface area contributed by atoms with Crippen molar-refractivity contribution in [2.45, 2.75) is 32.7 Å². The van der Waals surface area contributed by atoms with Gasteiger partial charge in [0.2, 0.25) is 0 Å². The highest BCUT2D eigenvalue weighted by molar-refractivity contribution is 5.35. The monoisotopic (exact) mass is 190 g/mol. The Morgan fingerprint density at radius 1 is 1.71 bits per heavy atom. The highest BCUT2D eigenvalue weighted by atomic mass is 15.3. The fourth-order valence-corrected chi connectivity index (χ4v) is 1.70. The maximum atomic E-state index is 8.68. The fraction of sp³-hybridized carbons (Fsp3) is 0.600. The van der Waals surface area contributed by atoms with Crippen molar-refractivity contribution in [1.82, 2.24) is 9.78 Å². The topological polar surface area (TPSA) is 67.6 Å². The first kappa shape index (κ1) is 9.07. The zero-order chi connectivity index (χ0) is 10.2. The second kappa shape index (κ2) is 3.02. The van der Waals surface area contributed by atoms with E-state index >= 15 is 0 Å². The number of aromatic nitrogens is 2. The molecule has 2 N–H and O–H groups in total. The molecule has 74 valence electrons. The SMILES string of the molecule is Cc1cn(CC2(CC#N)CC2)nc1N. The van der Waals surface area contributed by atoms with Crippen molar-refractivity contribution < 1.29 is 0 Å². The summed E-state index contributed by atoms with van der Waals surface area (Å²) in [5.41, 5.74) is 6.86. The molecule has 1 aliphatic carbocycles. The normalized spacial score (nSPS) is 17.7. The van der Waals surface area contributed by atoms with E-state index in [1.54, 1.807) is 0 Å². The number of nitrogen functional groups attached to an aromatic ring is 1. The Balaban J connectivity index is 2.08. The molecule has 0 saturated heterocycles. The summed E-state index contributed by atoms with van der Waals surface area (Å²) in [5.74, 6) is 0.595. The molecule has 0 spiro atoms. The Morgan fingerprint density at radius 2 is 2.43 bits per heavy atom. The van der Waals surface area contributed by atoms with Crippen molar-refractivity contribution in [3.63, 3.8) is 0 Å². The Hall–Kier alpha value is -1.50. The molecule has 14 heavy (non-hydrogen) atoms. The lowest BCUT2D eigenvalue weighted by molar-refractivity contribution is 0.405. The second-order valence-corrected chi connectivity index (χ2v) is 4.23. The second-order valence-electron chi connectivity index (χ2n) is 4.23. The van der Waals surface area contributed by atoms with Crippen LogP contribution in [0, 0.1) is 23.7 Å². The summed E-state index contributed by atoms with van der Waals surface area (Å²) in [4.78, 5) is 0. The minimum atomic E-state index is 0.194. The lowest BCUT2D eigenvalue weighted by atomic mass is 10.0. The molecule has 2 rings (SSSR count). The number of nitriles is 1. The van der Waals surface area contributed by atoms with E-state index in [2.05, 4.69) is 11.2 Å². The molecule has 0 atom stereocenters. The zero-order valence-electron chi connectivity index (χ0n) is 8.32. The molecule has 1 fully saturated rings. The number of rotatable bonds is 3. The third-order valence-corrected chi connectivity index (χ3v) is 2.89. The third-order valence-electron chi connectivity index (χ3n) is 2.89. The van der Waals surface area contributed by atoms with E-state index in [0.717, 1.165) is 24.9 Å². The maximum absolute atomic E-state index is 8.68. The first-order chi connectivity index (χ1) is 6.65. The summed E-state index contributed by atoms with van der Waals surface area (Å²) in [5, 5.41) is 12.9. The van der Waals surface area contributed by atoms with Crippen LogP contribution in [0.2, 0.25) is 0 Å². The van der Waals surface area contributed by atoms with Gasteiger partial charge in [-0.05, 0) is 19.8 Å². The number of anilines is 1. The van der Waals surface area contributed by atoms with Gasteiger partial charge in [0.1, 0.15) is 5.82 Å². The van der Waals surface area contributed by atoms with E-state index in [1.165, 1.54) is 0 Å². The number of hydrogen-bond acceptors (Lipinski definition) is 3. The maximum Gasteiger partial charge on any atom is 0.148 e. The van der Waals surface area contributed by atoms with Crippen LogP contribution in [0.15, 0.2) is 6.20 Å². The van der Waals surface area contributed by atoms with Crippen LogP contribution in [0.4, 0.5) is 5.82 Å². The third kappa shape index (κ3) is 1.58. The molecular formula is C10H14N4. The molecule has 0 aliphatic heterocycles. The van der Waals surface area contributed by atoms with Crippen LogP contribution in [0.5, 0.6) is 0 Å². The van der Waals surface area contributed by atoms with Crippen molar-refractivity contribution in [2.24, 2.45) is 5.41 Å². The Labute approximate surface area is 83.3 Å². The summed E-state index contributed by atoms with van der Waals surface area (Å²) in [7, 11) is 0. The van der Waals surface area contributed by atoms with Crippen LogP contribution in [0.25, 0.3) is 0 Å². The van der Waals surface area contributed by atoms with Crippen LogP contribution < -0.4 is 5.73 Å². The van der Waals surface area contributed by atoms with Crippen LogP contribution in [-0.4, -0.2) is 9.78 Å². The van der Waals surface area contributed by atoms with E-state index < -0.39 is 0 Å². The Morgan fingerprint density at radius 3 is 2.86 bits per heavy atom. The molecule has 1 aromatic heterocycles. The van der Waals surface area contributed by atoms with Gasteiger partial charge in [-0.1, -0.05) is 0 Å². The summed E-state index contributed by atoms with van der Waals surface area (Å²) in [6.07, 6.45) is 4.86. The number of nitrogens with two attached hydrogens (primary N) is 1. The molecule has 4 heteroatoms. The molecule has 1 saturated carbocycles. The molecule has 1 heterocycles. The Bertz CT molecular complexity index is 362. The van der Waals surface area contributed by atoms with E-state index in [4.69, 9.17) is 11.0 Å². The van der Waals surface area contributed by atoms with Crippen molar-refractivity contribution in [2.75, 3.05) is 5.73 Å². The van der Waals surface area contributed by atoms with E-state index in [0.29, 0.717) is 12.2 Å². The molecular weight excluding hydrogens is 176 g/mol. The predicted molar refractivity (Wildman–Crippen MR) is 53.3 cm³/mol. The molecule has 0 bridgehead atoms. The van der Waals surface area contributed by atoms with Gasteiger partial charge in [-0.25, -0.2) is 0 Å². The summed E-state index contributed by atoms with van der Waals surface area (Å²) in [6.45, 7) is 2.78. The fourth-order valence-electron chi connectivity index (χ4n) is 1.70. The average Bonchev–Trinajstić information content (AvgIpc) is 2.77. The standard InChI is InChI=1S/C10H14N4/c1-8-6-14(13-9(8)12)7-10(2-3-10)4-5-11/h6H,2-4,7H2,1H3,(H2,12,13). The van der Waals surface area contributed by atoms with Crippen LogP contribution in [0.3, 0.4) is 0 Å². The van der Waals surface area contributed by atoms with Gasteiger partial charge in [-0.3, -0.25) is 4.68 Å².